The number of ketones is 1. The number of aliphatic hydroxyl groups is 1. The van der Waals surface area contributed by atoms with Gasteiger partial charge in [-0.1, -0.05) is 19.9 Å². The third-order valence-corrected chi connectivity index (χ3v) is 8.41. The fourth-order valence-corrected chi connectivity index (χ4v) is 7.48. The number of fused-ring (bicyclic) bond motifs is 3. The molecule has 1 spiro atoms. The van der Waals surface area contributed by atoms with Gasteiger partial charge in [0.15, 0.2) is 5.78 Å². The fraction of sp³-hybridized carbons (Fsp3) is 0.800. The Morgan fingerprint density at radius 2 is 1.96 bits per heavy atom. The highest BCUT2D eigenvalue weighted by Gasteiger charge is 2.70. The van der Waals surface area contributed by atoms with Crippen LogP contribution in [-0.2, 0) is 9.59 Å². The minimum absolute atomic E-state index is 0.0275. The number of hydrogen-bond acceptors (Lipinski definition) is 3. The summed E-state index contributed by atoms with van der Waals surface area (Å²) in [6.45, 7) is 8.06. The summed E-state index contributed by atoms with van der Waals surface area (Å²) in [5, 5.41) is 20.9. The average Bonchev–Trinajstić information content (AvgIpc) is 2.68. The lowest BCUT2D eigenvalue weighted by Crippen LogP contribution is -2.62. The summed E-state index contributed by atoms with van der Waals surface area (Å²) in [7, 11) is 0. The Hall–Kier alpha value is -1.16. The van der Waals surface area contributed by atoms with Crippen LogP contribution in [0.15, 0.2) is 12.2 Å². The minimum atomic E-state index is -0.746. The fourth-order valence-electron chi connectivity index (χ4n) is 7.48. The van der Waals surface area contributed by atoms with E-state index in [-0.39, 0.29) is 29.0 Å². The maximum absolute atomic E-state index is 13.1. The zero-order valence-corrected chi connectivity index (χ0v) is 14.7. The topological polar surface area (TPSA) is 74.6 Å². The Balaban J connectivity index is 1.83. The molecule has 4 fully saturated rings. The standard InChI is InChI=1S/C20H28O4/c1-11-12-9-13(21)15-18(2)6-4-7-19(3,17(23)24)14(18)5-8-20(15,10-12)16(11)22/h12-15,21H,1,4-10H2,2-3H3,(H,23,24)/t12?,13?,14-,15+,18+,19+,20+/m0/s1. The van der Waals surface area contributed by atoms with Gasteiger partial charge >= 0.3 is 5.97 Å². The lowest BCUT2D eigenvalue weighted by Gasteiger charge is -2.63. The molecular formula is C20H28O4. The Labute approximate surface area is 143 Å². The molecule has 4 saturated carbocycles. The van der Waals surface area contributed by atoms with E-state index in [1.54, 1.807) is 0 Å². The highest BCUT2D eigenvalue weighted by Crippen LogP contribution is 2.71. The van der Waals surface area contributed by atoms with Crippen LogP contribution in [0.1, 0.15) is 58.8 Å². The largest absolute Gasteiger partial charge is 0.481 e. The summed E-state index contributed by atoms with van der Waals surface area (Å²) in [4.78, 5) is 25.1. The molecule has 2 N–H and O–H groups in total. The molecule has 24 heavy (non-hydrogen) atoms. The van der Waals surface area contributed by atoms with Gasteiger partial charge in [0.1, 0.15) is 0 Å². The molecule has 0 aromatic carbocycles. The van der Waals surface area contributed by atoms with Crippen molar-refractivity contribution in [1.82, 2.24) is 0 Å². The van der Waals surface area contributed by atoms with Gasteiger partial charge in [0.2, 0.25) is 0 Å². The predicted octanol–water partition coefficient (Wildman–Crippen LogP) is 3.19. The van der Waals surface area contributed by atoms with E-state index in [4.69, 9.17) is 0 Å². The number of aliphatic carboxylic acids is 1. The maximum Gasteiger partial charge on any atom is 0.309 e. The van der Waals surface area contributed by atoms with Gasteiger partial charge in [0, 0.05) is 11.3 Å². The molecule has 0 aromatic rings. The molecule has 0 aromatic heterocycles. The molecule has 4 nitrogen and oxygen atoms in total. The van der Waals surface area contributed by atoms with Crippen LogP contribution in [0.4, 0.5) is 0 Å². The highest BCUT2D eigenvalue weighted by molar-refractivity contribution is 6.03. The van der Waals surface area contributed by atoms with Crippen LogP contribution in [0, 0.1) is 34.0 Å². The monoisotopic (exact) mass is 332 g/mol. The lowest BCUT2D eigenvalue weighted by molar-refractivity contribution is -0.199. The molecule has 0 heterocycles. The minimum Gasteiger partial charge on any atom is -0.481 e. The number of Topliss-reactive ketones (excluding diaryl/α,β-unsaturated/α-hetero) is 1. The van der Waals surface area contributed by atoms with E-state index >= 15 is 0 Å². The van der Waals surface area contributed by atoms with Gasteiger partial charge in [0.25, 0.3) is 0 Å². The van der Waals surface area contributed by atoms with E-state index in [2.05, 4.69) is 13.5 Å². The van der Waals surface area contributed by atoms with Gasteiger partial charge in [0.05, 0.1) is 11.5 Å². The summed E-state index contributed by atoms with van der Waals surface area (Å²) in [5.74, 6) is -0.528. The van der Waals surface area contributed by atoms with Gasteiger partial charge in [-0.25, -0.2) is 0 Å². The third kappa shape index (κ3) is 1.68. The van der Waals surface area contributed by atoms with Gasteiger partial charge in [-0.2, -0.15) is 0 Å². The number of hydrogen-bond donors (Lipinski definition) is 2. The number of allylic oxidation sites excluding steroid dienone is 1. The second kappa shape index (κ2) is 4.72. The molecule has 2 unspecified atom stereocenters. The van der Waals surface area contributed by atoms with Gasteiger partial charge < -0.3 is 10.2 Å². The molecule has 4 heteroatoms. The molecular weight excluding hydrogens is 304 g/mol. The molecule has 0 saturated heterocycles. The molecule has 7 atom stereocenters. The molecule has 132 valence electrons. The smallest absolute Gasteiger partial charge is 0.309 e. The van der Waals surface area contributed by atoms with Crippen molar-refractivity contribution in [3.8, 4) is 0 Å². The van der Waals surface area contributed by atoms with Gasteiger partial charge in [-0.15, -0.1) is 0 Å². The summed E-state index contributed by atoms with van der Waals surface area (Å²) in [6.07, 6.45) is 4.86. The highest BCUT2D eigenvalue weighted by atomic mass is 16.4. The summed E-state index contributed by atoms with van der Waals surface area (Å²) in [5.41, 5.74) is -0.810. The van der Waals surface area contributed by atoms with E-state index in [0.717, 1.165) is 25.7 Å². The van der Waals surface area contributed by atoms with Crippen molar-refractivity contribution >= 4 is 11.8 Å². The summed E-state index contributed by atoms with van der Waals surface area (Å²) in [6, 6.07) is 0. The molecule has 2 bridgehead atoms. The van der Waals surface area contributed by atoms with E-state index in [0.29, 0.717) is 24.8 Å². The lowest BCUT2D eigenvalue weighted by atomic mass is 9.40. The number of aliphatic hydroxyl groups excluding tert-OH is 1. The number of carboxylic acid groups (broad SMARTS) is 1. The second-order valence-electron chi connectivity index (χ2n) is 9.37. The molecule has 4 aliphatic rings. The van der Waals surface area contributed by atoms with Crippen LogP contribution in [-0.4, -0.2) is 28.1 Å². The quantitative estimate of drug-likeness (QED) is 0.723. The van der Waals surface area contributed by atoms with Crippen LogP contribution in [0.3, 0.4) is 0 Å². The normalized spacial score (nSPS) is 53.5. The van der Waals surface area contributed by atoms with Gasteiger partial charge in [-0.05, 0) is 68.3 Å². The van der Waals surface area contributed by atoms with E-state index in [9.17, 15) is 19.8 Å². The Bertz CT molecular complexity index is 640. The van der Waals surface area contributed by atoms with Crippen molar-refractivity contribution in [3.63, 3.8) is 0 Å². The first kappa shape index (κ1) is 16.3. The SMILES string of the molecule is C=C1C(=O)[C@@]23CC[C@H]4[C@@](C)(CCC[C@@]4(C)C(=O)O)[C@H]2C(O)CC1C3. The second-order valence-corrected chi connectivity index (χ2v) is 9.37. The van der Waals surface area contributed by atoms with Crippen LogP contribution in [0.25, 0.3) is 0 Å². The van der Waals surface area contributed by atoms with E-state index in [1.165, 1.54) is 0 Å². The summed E-state index contributed by atoms with van der Waals surface area (Å²) < 4.78 is 0. The van der Waals surface area contributed by atoms with Gasteiger partial charge in [-0.3, -0.25) is 9.59 Å². The maximum atomic E-state index is 13.1. The Morgan fingerprint density at radius 3 is 2.62 bits per heavy atom. The van der Waals surface area contributed by atoms with Crippen molar-refractivity contribution in [2.45, 2.75) is 64.9 Å². The third-order valence-electron chi connectivity index (χ3n) is 8.41. The van der Waals surface area contributed by atoms with Crippen molar-refractivity contribution in [2.75, 3.05) is 0 Å². The first-order chi connectivity index (χ1) is 11.2. The molecule has 0 amide bonds. The van der Waals surface area contributed by atoms with Crippen molar-refractivity contribution in [2.24, 2.45) is 34.0 Å². The van der Waals surface area contributed by atoms with Crippen LogP contribution in [0.5, 0.6) is 0 Å². The Kier molecular flexibility index (Phi) is 3.21. The molecule has 4 rings (SSSR count). The van der Waals surface area contributed by atoms with E-state index in [1.807, 2.05) is 6.92 Å². The zero-order valence-electron chi connectivity index (χ0n) is 14.7. The van der Waals surface area contributed by atoms with Crippen LogP contribution < -0.4 is 0 Å². The Morgan fingerprint density at radius 1 is 1.25 bits per heavy atom. The molecule has 4 aliphatic carbocycles. The van der Waals surface area contributed by atoms with Crippen molar-refractivity contribution < 1.29 is 19.8 Å². The van der Waals surface area contributed by atoms with Crippen molar-refractivity contribution in [3.05, 3.63) is 12.2 Å². The van der Waals surface area contributed by atoms with Crippen LogP contribution in [0.2, 0.25) is 0 Å². The molecule has 0 radical (unpaired) electrons. The average molecular weight is 332 g/mol. The predicted molar refractivity (Wildman–Crippen MR) is 89.2 cm³/mol. The summed E-state index contributed by atoms with van der Waals surface area (Å²) >= 11 is 0. The first-order valence-electron chi connectivity index (χ1n) is 9.32. The number of carbonyl (C=O) groups is 2. The van der Waals surface area contributed by atoms with Crippen LogP contribution >= 0.6 is 0 Å². The number of carboxylic acids is 1. The zero-order chi connectivity index (χ0) is 17.5. The number of carbonyl (C=O) groups excluding carboxylic acids is 1. The number of rotatable bonds is 1. The van der Waals surface area contributed by atoms with E-state index < -0.39 is 22.9 Å². The first-order valence-corrected chi connectivity index (χ1v) is 9.32. The van der Waals surface area contributed by atoms with Crippen molar-refractivity contribution in [1.29, 1.82) is 0 Å². The molecule has 0 aliphatic heterocycles.